The van der Waals surface area contributed by atoms with Gasteiger partial charge in [-0.2, -0.15) is 0 Å². The summed E-state index contributed by atoms with van der Waals surface area (Å²) < 4.78 is 23.1. The Morgan fingerprint density at radius 1 is 0.729 bits per heavy atom. The van der Waals surface area contributed by atoms with Gasteiger partial charge in [0.1, 0.15) is 13.2 Å². The monoisotopic (exact) mass is 701 g/mol. The third-order valence-electron chi connectivity index (χ3n) is 8.71. The lowest BCUT2D eigenvalue weighted by molar-refractivity contribution is -0.870. The first-order valence-corrected chi connectivity index (χ1v) is 21.1. The Bertz CT molecular complexity index is 845. The van der Waals surface area contributed by atoms with Crippen molar-refractivity contribution in [2.75, 3.05) is 40.9 Å². The van der Waals surface area contributed by atoms with E-state index in [-0.39, 0.29) is 25.5 Å². The van der Waals surface area contributed by atoms with Gasteiger partial charge in [-0.1, -0.05) is 154 Å². The SMILES string of the molecule is CCCCCCCC/C=C\C/C=C\CCC(=O)NC(COP(=O)([O-])OCC[N+](C)(C)C)C(O)CCCCCCCCCCCCCCC. The molecule has 3 unspecified atom stereocenters. The highest BCUT2D eigenvalue weighted by atomic mass is 31.2. The number of quaternary nitrogens is 1. The molecule has 0 aromatic rings. The van der Waals surface area contributed by atoms with Gasteiger partial charge in [-0.3, -0.25) is 9.36 Å². The first-order chi connectivity index (χ1) is 23.0. The molecule has 284 valence electrons. The van der Waals surface area contributed by atoms with Gasteiger partial charge in [0.25, 0.3) is 7.82 Å². The van der Waals surface area contributed by atoms with E-state index in [1.165, 1.54) is 103 Å². The van der Waals surface area contributed by atoms with Crippen LogP contribution in [0.3, 0.4) is 0 Å². The number of hydrogen-bond acceptors (Lipinski definition) is 6. The van der Waals surface area contributed by atoms with Gasteiger partial charge in [0.2, 0.25) is 5.91 Å². The molecule has 48 heavy (non-hydrogen) atoms. The summed E-state index contributed by atoms with van der Waals surface area (Å²) in [5.74, 6) is -0.233. The van der Waals surface area contributed by atoms with Crippen LogP contribution in [0.1, 0.15) is 168 Å². The van der Waals surface area contributed by atoms with Crippen LogP contribution in [0, 0.1) is 0 Å². The number of hydrogen-bond donors (Lipinski definition) is 2. The number of phosphoric ester groups is 1. The molecule has 1 amide bonds. The summed E-state index contributed by atoms with van der Waals surface area (Å²) >= 11 is 0. The van der Waals surface area contributed by atoms with Crippen molar-refractivity contribution in [3.63, 3.8) is 0 Å². The van der Waals surface area contributed by atoms with Crippen LogP contribution < -0.4 is 10.2 Å². The minimum absolute atomic E-state index is 0.00336. The molecule has 3 atom stereocenters. The molecule has 9 heteroatoms. The van der Waals surface area contributed by atoms with Gasteiger partial charge in [0.15, 0.2) is 0 Å². The number of unbranched alkanes of at least 4 members (excludes halogenated alkanes) is 18. The summed E-state index contributed by atoms with van der Waals surface area (Å²) in [5.41, 5.74) is 0. The van der Waals surface area contributed by atoms with E-state index in [9.17, 15) is 19.4 Å². The molecule has 0 aliphatic carbocycles. The van der Waals surface area contributed by atoms with Crippen LogP contribution in [-0.4, -0.2) is 68.5 Å². The predicted molar refractivity (Wildman–Crippen MR) is 201 cm³/mol. The summed E-state index contributed by atoms with van der Waals surface area (Å²) in [4.78, 5) is 25.1. The van der Waals surface area contributed by atoms with Crippen LogP contribution in [0.5, 0.6) is 0 Å². The highest BCUT2D eigenvalue weighted by Crippen LogP contribution is 2.38. The van der Waals surface area contributed by atoms with E-state index in [2.05, 4.69) is 37.4 Å². The van der Waals surface area contributed by atoms with Crippen LogP contribution in [0.2, 0.25) is 0 Å². The average Bonchev–Trinajstić information content (AvgIpc) is 3.02. The number of nitrogens with one attached hydrogen (secondary N) is 1. The zero-order valence-electron chi connectivity index (χ0n) is 31.9. The van der Waals surface area contributed by atoms with Crippen molar-refractivity contribution in [2.24, 2.45) is 0 Å². The first kappa shape index (κ1) is 47.0. The maximum absolute atomic E-state index is 12.7. The molecule has 8 nitrogen and oxygen atoms in total. The van der Waals surface area contributed by atoms with Crippen LogP contribution >= 0.6 is 7.82 Å². The zero-order chi connectivity index (χ0) is 35.8. The number of phosphoric acid groups is 1. The zero-order valence-corrected chi connectivity index (χ0v) is 32.8. The van der Waals surface area contributed by atoms with Crippen molar-refractivity contribution in [1.29, 1.82) is 0 Å². The van der Waals surface area contributed by atoms with Crippen LogP contribution in [0.25, 0.3) is 0 Å². The van der Waals surface area contributed by atoms with Crippen molar-refractivity contribution in [3.05, 3.63) is 24.3 Å². The molecule has 0 fully saturated rings. The highest BCUT2D eigenvalue weighted by molar-refractivity contribution is 7.45. The lowest BCUT2D eigenvalue weighted by atomic mass is 10.0. The molecular weight excluding hydrogens is 623 g/mol. The van der Waals surface area contributed by atoms with E-state index in [4.69, 9.17) is 9.05 Å². The lowest BCUT2D eigenvalue weighted by Crippen LogP contribution is -2.46. The molecule has 0 aromatic carbocycles. The normalized spacial score (nSPS) is 14.9. The van der Waals surface area contributed by atoms with Crippen LogP contribution in [0.4, 0.5) is 0 Å². The molecule has 0 aliphatic heterocycles. The molecule has 0 bridgehead atoms. The van der Waals surface area contributed by atoms with Gasteiger partial charge in [0.05, 0.1) is 39.9 Å². The number of amides is 1. The van der Waals surface area contributed by atoms with Crippen LogP contribution in [0.15, 0.2) is 24.3 Å². The lowest BCUT2D eigenvalue weighted by Gasteiger charge is -2.30. The second kappa shape index (κ2) is 31.9. The molecule has 0 saturated carbocycles. The summed E-state index contributed by atoms with van der Waals surface area (Å²) in [6.45, 7) is 4.64. The molecular formula is C39H77N2O6P. The molecule has 0 spiro atoms. The average molecular weight is 701 g/mol. The fourth-order valence-electron chi connectivity index (χ4n) is 5.50. The Hall–Kier alpha value is -1.02. The van der Waals surface area contributed by atoms with E-state index in [1.54, 1.807) is 0 Å². The number of aliphatic hydroxyl groups is 1. The summed E-state index contributed by atoms with van der Waals surface area (Å²) in [6, 6.07) is -0.826. The van der Waals surface area contributed by atoms with Gasteiger partial charge in [-0.25, -0.2) is 0 Å². The Morgan fingerprint density at radius 2 is 1.21 bits per heavy atom. The van der Waals surface area contributed by atoms with Crippen molar-refractivity contribution >= 4 is 13.7 Å². The van der Waals surface area contributed by atoms with Gasteiger partial charge in [-0.05, 0) is 32.1 Å². The minimum atomic E-state index is -4.57. The number of rotatable bonds is 35. The van der Waals surface area contributed by atoms with E-state index < -0.39 is 20.0 Å². The van der Waals surface area contributed by atoms with Gasteiger partial charge >= 0.3 is 0 Å². The third-order valence-corrected chi connectivity index (χ3v) is 9.67. The fraction of sp³-hybridized carbons (Fsp3) is 0.872. The van der Waals surface area contributed by atoms with Gasteiger partial charge in [0, 0.05) is 6.42 Å². The quantitative estimate of drug-likeness (QED) is 0.0295. The second-order valence-electron chi connectivity index (χ2n) is 14.6. The Kier molecular flexibility index (Phi) is 31.2. The molecule has 2 N–H and O–H groups in total. The maximum atomic E-state index is 12.7. The number of allylic oxidation sites excluding steroid dienone is 4. The third kappa shape index (κ3) is 33.5. The summed E-state index contributed by atoms with van der Waals surface area (Å²) in [5, 5.41) is 13.8. The van der Waals surface area contributed by atoms with E-state index >= 15 is 0 Å². The molecule has 0 aliphatic rings. The van der Waals surface area contributed by atoms with E-state index in [1.807, 2.05) is 27.2 Å². The number of carbonyl (C=O) groups excluding carboxylic acids is 1. The highest BCUT2D eigenvalue weighted by Gasteiger charge is 2.24. The van der Waals surface area contributed by atoms with Crippen molar-refractivity contribution < 1.29 is 32.9 Å². The molecule has 0 rings (SSSR count). The van der Waals surface area contributed by atoms with Crippen molar-refractivity contribution in [2.45, 2.75) is 180 Å². The number of nitrogens with zero attached hydrogens (tertiary/aromatic N) is 1. The maximum Gasteiger partial charge on any atom is 0.268 e. The predicted octanol–water partition coefficient (Wildman–Crippen LogP) is 9.55. The Balaban J connectivity index is 4.54. The van der Waals surface area contributed by atoms with Gasteiger partial charge < -0.3 is 28.8 Å². The number of carbonyl (C=O) groups is 1. The summed E-state index contributed by atoms with van der Waals surface area (Å²) in [7, 11) is 1.27. The Morgan fingerprint density at radius 3 is 1.73 bits per heavy atom. The number of aliphatic hydroxyl groups excluding tert-OH is 1. The molecule has 0 heterocycles. The number of likely N-dealkylation sites (N-methyl/N-ethyl adjacent to an activating group) is 1. The smallest absolute Gasteiger partial charge is 0.268 e. The molecule has 0 aromatic heterocycles. The Labute approximate surface area is 296 Å². The van der Waals surface area contributed by atoms with Crippen LogP contribution in [-0.2, 0) is 18.4 Å². The van der Waals surface area contributed by atoms with E-state index in [0.717, 1.165) is 32.1 Å². The largest absolute Gasteiger partial charge is 0.756 e. The fourth-order valence-corrected chi connectivity index (χ4v) is 6.22. The summed E-state index contributed by atoms with van der Waals surface area (Å²) in [6.07, 6.45) is 34.7. The van der Waals surface area contributed by atoms with Crippen molar-refractivity contribution in [3.8, 4) is 0 Å². The van der Waals surface area contributed by atoms with Crippen molar-refractivity contribution in [1.82, 2.24) is 5.32 Å². The topological polar surface area (TPSA) is 108 Å². The first-order valence-electron chi connectivity index (χ1n) is 19.7. The second-order valence-corrected chi connectivity index (χ2v) is 16.0. The molecule has 0 saturated heterocycles. The van der Waals surface area contributed by atoms with E-state index in [0.29, 0.717) is 23.9 Å². The minimum Gasteiger partial charge on any atom is -0.756 e. The molecule has 0 radical (unpaired) electrons. The van der Waals surface area contributed by atoms with Gasteiger partial charge in [-0.15, -0.1) is 0 Å². The standard InChI is InChI=1S/C39H77N2O6P/c1-6-8-10-12-14-16-18-20-22-24-26-28-30-32-38(42)37(36-47-48(44,45)46-35-34-41(3,4)5)40-39(43)33-31-29-27-25-23-21-19-17-15-13-11-9-7-2/h21,23,27,29,37-38,42H,6-20,22,24-26,28,30-36H2,1-5H3,(H-,40,43,44,45)/b23-21-,29-27-.